The van der Waals surface area contributed by atoms with E-state index in [2.05, 4.69) is 0 Å². The molecular formula is C31H24Cl2N4O5S. The van der Waals surface area contributed by atoms with Gasteiger partial charge in [-0.3, -0.25) is 14.2 Å². The van der Waals surface area contributed by atoms with Crippen LogP contribution in [-0.4, -0.2) is 50.1 Å². The van der Waals surface area contributed by atoms with E-state index in [-0.39, 0.29) is 21.8 Å². The Hall–Kier alpha value is -4.14. The molecule has 0 radical (unpaired) electrons. The Bertz CT molecular complexity index is 1920. The van der Waals surface area contributed by atoms with Gasteiger partial charge in [-0.25, -0.2) is 12.7 Å². The van der Waals surface area contributed by atoms with Gasteiger partial charge >= 0.3 is 0 Å². The zero-order chi connectivity index (χ0) is 30.3. The van der Waals surface area contributed by atoms with Crippen molar-refractivity contribution in [3.63, 3.8) is 0 Å². The van der Waals surface area contributed by atoms with Crippen molar-refractivity contribution >= 4 is 45.0 Å². The summed E-state index contributed by atoms with van der Waals surface area (Å²) in [5, 5.41) is 10.4. The standard InChI is InChI=1S/C31H24Cl2N4O5S/c32-23-8-4-21(5-9-23)28-29(22-6-10-24(33)11-7-22)37(43(40,41)25-3-1-2-20(18-25)19-34)27-13-12-26(31(39)36(27)28)30(38)35-14-16-42-17-15-35/h1-13,18,28-29H,14-17H2. The van der Waals surface area contributed by atoms with Crippen molar-refractivity contribution in [2.45, 2.75) is 17.0 Å². The highest BCUT2D eigenvalue weighted by Crippen LogP contribution is 2.49. The van der Waals surface area contributed by atoms with E-state index >= 15 is 0 Å². The number of aromatic nitrogens is 1. The molecular weight excluding hydrogens is 611 g/mol. The van der Waals surface area contributed by atoms with Crippen LogP contribution in [0.4, 0.5) is 5.82 Å². The van der Waals surface area contributed by atoms with Gasteiger partial charge < -0.3 is 9.64 Å². The van der Waals surface area contributed by atoms with Crippen molar-refractivity contribution in [2.75, 3.05) is 30.6 Å². The number of carbonyl (C=O) groups is 1. The van der Waals surface area contributed by atoms with Crippen molar-refractivity contribution < 1.29 is 17.9 Å². The number of hydrogen-bond acceptors (Lipinski definition) is 6. The van der Waals surface area contributed by atoms with E-state index in [4.69, 9.17) is 27.9 Å². The number of benzene rings is 3. The molecule has 3 aromatic carbocycles. The van der Waals surface area contributed by atoms with Crippen LogP contribution < -0.4 is 9.86 Å². The number of carbonyl (C=O) groups excluding carboxylic acids is 1. The van der Waals surface area contributed by atoms with Gasteiger partial charge in [0.25, 0.3) is 21.5 Å². The molecule has 0 aliphatic carbocycles. The highest BCUT2D eigenvalue weighted by molar-refractivity contribution is 7.92. The normalized spacial score (nSPS) is 18.3. The fourth-order valence-corrected chi connectivity index (χ4v) is 7.52. The summed E-state index contributed by atoms with van der Waals surface area (Å²) in [5.41, 5.74) is 0.628. The second kappa shape index (κ2) is 11.5. The van der Waals surface area contributed by atoms with Gasteiger partial charge in [-0.05, 0) is 65.7 Å². The first-order valence-electron chi connectivity index (χ1n) is 13.4. The summed E-state index contributed by atoms with van der Waals surface area (Å²) >= 11 is 12.4. The van der Waals surface area contributed by atoms with Crippen molar-refractivity contribution in [3.05, 3.63) is 128 Å². The molecule has 2 atom stereocenters. The Morgan fingerprint density at radius 2 is 1.47 bits per heavy atom. The van der Waals surface area contributed by atoms with E-state index in [9.17, 15) is 23.3 Å². The lowest BCUT2D eigenvalue weighted by Gasteiger charge is -2.29. The van der Waals surface area contributed by atoms with Gasteiger partial charge in [-0.15, -0.1) is 0 Å². The Labute approximate surface area is 258 Å². The molecule has 1 amide bonds. The number of rotatable bonds is 5. The average Bonchev–Trinajstić information content (AvgIpc) is 3.39. The molecule has 2 aliphatic heterocycles. The van der Waals surface area contributed by atoms with Crippen LogP contribution in [0.2, 0.25) is 10.0 Å². The Morgan fingerprint density at radius 1 is 0.860 bits per heavy atom. The summed E-state index contributed by atoms with van der Waals surface area (Å²) in [4.78, 5) is 29.3. The molecule has 9 nitrogen and oxygen atoms in total. The number of ether oxygens (including phenoxy) is 1. The molecule has 1 aromatic heterocycles. The predicted octanol–water partition coefficient (Wildman–Crippen LogP) is 5.04. The van der Waals surface area contributed by atoms with E-state index in [1.807, 2.05) is 6.07 Å². The lowest BCUT2D eigenvalue weighted by atomic mass is 9.94. The van der Waals surface area contributed by atoms with Crippen molar-refractivity contribution in [1.82, 2.24) is 9.47 Å². The molecule has 0 bridgehead atoms. The first-order chi connectivity index (χ1) is 20.7. The van der Waals surface area contributed by atoms with Gasteiger partial charge in [0.2, 0.25) is 0 Å². The van der Waals surface area contributed by atoms with Crippen LogP contribution in [0.5, 0.6) is 0 Å². The Kier molecular flexibility index (Phi) is 7.75. The van der Waals surface area contributed by atoms with Crippen LogP contribution in [0.25, 0.3) is 0 Å². The number of sulfonamides is 1. The third kappa shape index (κ3) is 5.19. The minimum absolute atomic E-state index is 0.0748. The van der Waals surface area contributed by atoms with Gasteiger partial charge in [-0.1, -0.05) is 53.5 Å². The third-order valence-corrected chi connectivity index (χ3v) is 9.91. The monoisotopic (exact) mass is 634 g/mol. The number of morpholine rings is 1. The minimum atomic E-state index is -4.36. The first-order valence-corrected chi connectivity index (χ1v) is 15.6. The van der Waals surface area contributed by atoms with Gasteiger partial charge in [0.1, 0.15) is 11.4 Å². The average molecular weight is 636 g/mol. The number of halogens is 2. The maximum absolute atomic E-state index is 14.5. The van der Waals surface area contributed by atoms with Gasteiger partial charge in [0, 0.05) is 23.1 Å². The molecule has 2 aliphatic rings. The summed E-state index contributed by atoms with van der Waals surface area (Å²) in [6.45, 7) is 1.39. The van der Waals surface area contributed by atoms with E-state index in [0.29, 0.717) is 47.5 Å². The highest BCUT2D eigenvalue weighted by atomic mass is 35.5. The lowest BCUT2D eigenvalue weighted by molar-refractivity contribution is 0.0301. The maximum atomic E-state index is 14.5. The number of amides is 1. The molecule has 12 heteroatoms. The van der Waals surface area contributed by atoms with Crippen LogP contribution in [-0.2, 0) is 14.8 Å². The smallest absolute Gasteiger partial charge is 0.266 e. The minimum Gasteiger partial charge on any atom is -0.378 e. The molecule has 43 heavy (non-hydrogen) atoms. The Balaban J connectivity index is 1.62. The molecule has 1 fully saturated rings. The molecule has 0 spiro atoms. The number of nitrogens with zero attached hydrogens (tertiary/aromatic N) is 4. The molecule has 4 aromatic rings. The predicted molar refractivity (Wildman–Crippen MR) is 162 cm³/mol. The second-order valence-corrected chi connectivity index (χ2v) is 12.8. The van der Waals surface area contributed by atoms with Gasteiger partial charge in [-0.2, -0.15) is 5.26 Å². The van der Waals surface area contributed by atoms with Crippen molar-refractivity contribution in [1.29, 1.82) is 5.26 Å². The van der Waals surface area contributed by atoms with E-state index in [1.54, 1.807) is 53.4 Å². The molecule has 1 saturated heterocycles. The van der Waals surface area contributed by atoms with Crippen LogP contribution in [0.1, 0.15) is 39.1 Å². The number of anilines is 1. The second-order valence-electron chi connectivity index (χ2n) is 10.1. The molecule has 0 saturated carbocycles. The first kappa shape index (κ1) is 29.0. The van der Waals surface area contributed by atoms with Gasteiger partial charge in [0.05, 0.1) is 41.8 Å². The van der Waals surface area contributed by atoms with Crippen molar-refractivity contribution in [3.8, 4) is 6.07 Å². The highest BCUT2D eigenvalue weighted by Gasteiger charge is 2.48. The van der Waals surface area contributed by atoms with Crippen LogP contribution in [0.15, 0.2) is 94.6 Å². The summed E-state index contributed by atoms with van der Waals surface area (Å²) in [6, 6.07) is 22.2. The largest absolute Gasteiger partial charge is 0.378 e. The maximum Gasteiger partial charge on any atom is 0.266 e. The number of nitriles is 1. The number of hydrogen-bond donors (Lipinski definition) is 0. The number of pyridine rings is 1. The summed E-state index contributed by atoms with van der Waals surface area (Å²) in [5.74, 6) is -0.379. The molecule has 218 valence electrons. The SMILES string of the molecule is N#Cc1cccc(S(=O)(=O)N2c3ccc(C(=O)N4CCOCC4)c(=O)n3C(c3ccc(Cl)cc3)C2c2ccc(Cl)cc2)c1. The zero-order valence-corrected chi connectivity index (χ0v) is 24.9. The fourth-order valence-electron chi connectivity index (χ4n) is 5.58. The molecule has 2 unspecified atom stereocenters. The Morgan fingerprint density at radius 3 is 2.07 bits per heavy atom. The summed E-state index contributed by atoms with van der Waals surface area (Å²) in [7, 11) is -4.36. The van der Waals surface area contributed by atoms with E-state index in [0.717, 1.165) is 0 Å². The number of fused-ring (bicyclic) bond motifs is 1. The zero-order valence-electron chi connectivity index (χ0n) is 22.6. The fraction of sp³-hybridized carbons (Fsp3) is 0.194. The molecule has 0 N–H and O–H groups in total. The van der Waals surface area contributed by atoms with Crippen LogP contribution >= 0.6 is 23.2 Å². The van der Waals surface area contributed by atoms with Crippen LogP contribution in [0.3, 0.4) is 0 Å². The lowest BCUT2D eigenvalue weighted by Crippen LogP contribution is -2.43. The third-order valence-electron chi connectivity index (χ3n) is 7.62. The quantitative estimate of drug-likeness (QED) is 0.304. The van der Waals surface area contributed by atoms with Crippen molar-refractivity contribution in [2.24, 2.45) is 0 Å². The van der Waals surface area contributed by atoms with E-state index < -0.39 is 33.6 Å². The van der Waals surface area contributed by atoms with Gasteiger partial charge in [0.15, 0.2) is 0 Å². The summed E-state index contributed by atoms with van der Waals surface area (Å²) < 4.78 is 36.9. The molecule has 6 rings (SSSR count). The summed E-state index contributed by atoms with van der Waals surface area (Å²) in [6.07, 6.45) is 0. The topological polar surface area (TPSA) is 113 Å². The van der Waals surface area contributed by atoms with Crippen LogP contribution in [0, 0.1) is 11.3 Å². The molecule has 3 heterocycles. The van der Waals surface area contributed by atoms with E-state index in [1.165, 1.54) is 45.3 Å².